The van der Waals surface area contributed by atoms with Gasteiger partial charge in [0.25, 0.3) is 5.91 Å². The molecule has 0 N–H and O–H groups in total. The van der Waals surface area contributed by atoms with Crippen LogP contribution in [0.15, 0.2) is 66.7 Å². The van der Waals surface area contributed by atoms with E-state index in [1.54, 1.807) is 0 Å². The summed E-state index contributed by atoms with van der Waals surface area (Å²) in [4.78, 5) is 20.8. The Kier molecular flexibility index (Phi) is 7.50. The highest BCUT2D eigenvalue weighted by atomic mass is 16.2. The van der Waals surface area contributed by atoms with Crippen molar-refractivity contribution in [1.29, 1.82) is 0 Å². The van der Waals surface area contributed by atoms with E-state index in [-0.39, 0.29) is 5.91 Å². The molecule has 35 heavy (non-hydrogen) atoms. The summed E-state index contributed by atoms with van der Waals surface area (Å²) in [6.45, 7) is 4.96. The predicted octanol–water partition coefficient (Wildman–Crippen LogP) is 5.11. The smallest absolute Gasteiger partial charge is 0.253 e. The van der Waals surface area contributed by atoms with Crippen molar-refractivity contribution in [2.75, 3.05) is 46.8 Å². The van der Waals surface area contributed by atoms with Crippen LogP contribution in [0.2, 0.25) is 0 Å². The lowest BCUT2D eigenvalue weighted by Crippen LogP contribution is -2.47. The van der Waals surface area contributed by atoms with Gasteiger partial charge in [0.15, 0.2) is 0 Å². The third-order valence-corrected chi connectivity index (χ3v) is 7.89. The van der Waals surface area contributed by atoms with Crippen molar-refractivity contribution in [2.24, 2.45) is 5.92 Å². The lowest BCUT2D eigenvalue weighted by atomic mass is 9.95. The third-order valence-electron chi connectivity index (χ3n) is 7.89. The van der Waals surface area contributed by atoms with Gasteiger partial charge in [-0.3, -0.25) is 9.69 Å². The van der Waals surface area contributed by atoms with Gasteiger partial charge in [-0.1, -0.05) is 54.6 Å². The van der Waals surface area contributed by atoms with Crippen LogP contribution in [0.4, 0.5) is 0 Å². The molecule has 5 rings (SSSR count). The highest BCUT2D eigenvalue weighted by Gasteiger charge is 2.31. The Morgan fingerprint density at radius 1 is 0.914 bits per heavy atom. The van der Waals surface area contributed by atoms with E-state index in [4.69, 9.17) is 0 Å². The van der Waals surface area contributed by atoms with Crippen LogP contribution in [0.3, 0.4) is 0 Å². The fourth-order valence-corrected chi connectivity index (χ4v) is 6.04. The Morgan fingerprint density at radius 2 is 1.63 bits per heavy atom. The summed E-state index contributed by atoms with van der Waals surface area (Å²) in [5, 5.41) is 2.32. The summed E-state index contributed by atoms with van der Waals surface area (Å²) in [6.07, 6.45) is 5.79. The Hall–Kier alpha value is -2.69. The lowest BCUT2D eigenvalue weighted by molar-refractivity contribution is 0.0636. The van der Waals surface area contributed by atoms with Crippen LogP contribution in [0.5, 0.6) is 0 Å². The Bertz CT molecular complexity index is 1130. The molecule has 4 nitrogen and oxygen atoms in total. The first-order valence-corrected chi connectivity index (χ1v) is 13.3. The maximum atomic E-state index is 13.7. The monoisotopic (exact) mass is 469 g/mol. The molecule has 3 aromatic rings. The molecule has 1 saturated heterocycles. The average molecular weight is 470 g/mol. The van der Waals surface area contributed by atoms with Gasteiger partial charge in [-0.25, -0.2) is 0 Å². The molecule has 0 saturated carbocycles. The molecule has 1 amide bonds. The molecule has 3 aromatic carbocycles. The molecular weight excluding hydrogens is 430 g/mol. The van der Waals surface area contributed by atoms with Gasteiger partial charge in [0, 0.05) is 31.2 Å². The van der Waals surface area contributed by atoms with Crippen LogP contribution in [-0.2, 0) is 12.8 Å². The van der Waals surface area contributed by atoms with E-state index >= 15 is 0 Å². The molecule has 1 atom stereocenters. The fraction of sp³-hybridized carbons (Fsp3) is 0.452. The maximum Gasteiger partial charge on any atom is 0.253 e. The van der Waals surface area contributed by atoms with Crippen LogP contribution < -0.4 is 0 Å². The first-order valence-electron chi connectivity index (χ1n) is 13.3. The van der Waals surface area contributed by atoms with Gasteiger partial charge in [0.1, 0.15) is 0 Å². The number of carbonyl (C=O) groups is 1. The number of piperidine rings is 1. The zero-order valence-corrected chi connectivity index (χ0v) is 21.3. The van der Waals surface area contributed by atoms with Crippen molar-refractivity contribution in [1.82, 2.24) is 14.7 Å². The summed E-state index contributed by atoms with van der Waals surface area (Å²) >= 11 is 0. The van der Waals surface area contributed by atoms with Gasteiger partial charge in [0.2, 0.25) is 0 Å². The largest absolute Gasteiger partial charge is 0.338 e. The van der Waals surface area contributed by atoms with Crippen LogP contribution in [0.25, 0.3) is 10.8 Å². The van der Waals surface area contributed by atoms with Crippen LogP contribution in [-0.4, -0.2) is 73.5 Å². The minimum Gasteiger partial charge on any atom is -0.338 e. The molecule has 1 unspecified atom stereocenters. The van der Waals surface area contributed by atoms with E-state index in [2.05, 4.69) is 83.4 Å². The molecule has 2 aliphatic rings. The van der Waals surface area contributed by atoms with Gasteiger partial charge in [-0.2, -0.15) is 0 Å². The van der Waals surface area contributed by atoms with E-state index in [1.165, 1.54) is 48.7 Å². The molecule has 4 heteroatoms. The SMILES string of the molecule is CN(C)CCCN(CC1CCCN(C2Cc3ccccc3C2)C1)C(=O)c1ccc2ccccc2c1. The number of amides is 1. The van der Waals surface area contributed by atoms with Crippen molar-refractivity contribution >= 4 is 16.7 Å². The second-order valence-electron chi connectivity index (χ2n) is 10.8. The standard InChI is InChI=1S/C31H39N3O/c1-32(2)16-8-18-34(31(35)29-15-14-25-10-3-4-11-26(25)19-29)23-24-9-7-17-33(22-24)30-20-27-12-5-6-13-28(27)21-30/h3-6,10-15,19,24,30H,7-9,16-18,20-23H2,1-2H3. The molecule has 0 bridgehead atoms. The summed E-state index contributed by atoms with van der Waals surface area (Å²) < 4.78 is 0. The minimum absolute atomic E-state index is 0.180. The van der Waals surface area contributed by atoms with Crippen molar-refractivity contribution in [3.63, 3.8) is 0 Å². The highest BCUT2D eigenvalue weighted by molar-refractivity contribution is 5.98. The van der Waals surface area contributed by atoms with Crippen LogP contribution in [0, 0.1) is 5.92 Å². The lowest BCUT2D eigenvalue weighted by Gasteiger charge is -2.39. The van der Waals surface area contributed by atoms with Crippen molar-refractivity contribution in [3.8, 4) is 0 Å². The Labute approximate surface area is 210 Å². The molecule has 1 aliphatic heterocycles. The number of fused-ring (bicyclic) bond motifs is 2. The van der Waals surface area contributed by atoms with E-state index < -0.39 is 0 Å². The van der Waals surface area contributed by atoms with E-state index in [9.17, 15) is 4.79 Å². The van der Waals surface area contributed by atoms with Crippen molar-refractivity contribution in [3.05, 3.63) is 83.4 Å². The molecule has 1 aliphatic carbocycles. The molecule has 0 aromatic heterocycles. The predicted molar refractivity (Wildman–Crippen MR) is 145 cm³/mol. The van der Waals surface area contributed by atoms with Crippen LogP contribution in [0.1, 0.15) is 40.7 Å². The normalized spacial score (nSPS) is 18.8. The van der Waals surface area contributed by atoms with Gasteiger partial charge < -0.3 is 9.80 Å². The average Bonchev–Trinajstić information content (AvgIpc) is 3.32. The van der Waals surface area contributed by atoms with Gasteiger partial charge in [-0.15, -0.1) is 0 Å². The zero-order valence-electron chi connectivity index (χ0n) is 21.3. The Morgan fingerprint density at radius 3 is 2.37 bits per heavy atom. The van der Waals surface area contributed by atoms with E-state index in [1.807, 2.05) is 12.1 Å². The van der Waals surface area contributed by atoms with Gasteiger partial charge >= 0.3 is 0 Å². The number of hydrogen-bond acceptors (Lipinski definition) is 3. The minimum atomic E-state index is 0.180. The molecule has 0 spiro atoms. The van der Waals surface area contributed by atoms with Crippen molar-refractivity contribution < 1.29 is 4.79 Å². The maximum absolute atomic E-state index is 13.7. The number of benzene rings is 3. The van der Waals surface area contributed by atoms with E-state index in [0.29, 0.717) is 12.0 Å². The number of hydrogen-bond donors (Lipinski definition) is 0. The zero-order chi connectivity index (χ0) is 24.2. The summed E-state index contributed by atoms with van der Waals surface area (Å²) in [7, 11) is 4.21. The van der Waals surface area contributed by atoms with Gasteiger partial charge in [-0.05, 0) is 99.2 Å². The topological polar surface area (TPSA) is 26.8 Å². The highest BCUT2D eigenvalue weighted by Crippen LogP contribution is 2.29. The molecule has 184 valence electrons. The fourth-order valence-electron chi connectivity index (χ4n) is 6.04. The second-order valence-corrected chi connectivity index (χ2v) is 10.8. The van der Waals surface area contributed by atoms with Crippen molar-refractivity contribution in [2.45, 2.75) is 38.1 Å². The second kappa shape index (κ2) is 10.9. The summed E-state index contributed by atoms with van der Waals surface area (Å²) in [5.41, 5.74) is 3.86. The molecule has 1 fully saturated rings. The number of carbonyl (C=O) groups excluding carboxylic acids is 1. The van der Waals surface area contributed by atoms with Gasteiger partial charge in [0.05, 0.1) is 0 Å². The molecule has 1 heterocycles. The number of likely N-dealkylation sites (tertiary alicyclic amines) is 1. The summed E-state index contributed by atoms with van der Waals surface area (Å²) in [5.74, 6) is 0.719. The summed E-state index contributed by atoms with van der Waals surface area (Å²) in [6, 6.07) is 24.0. The molecule has 0 radical (unpaired) electrons. The first-order chi connectivity index (χ1) is 17.1. The van der Waals surface area contributed by atoms with E-state index in [0.717, 1.165) is 43.5 Å². The molecular formula is C31H39N3O. The quantitative estimate of drug-likeness (QED) is 0.459. The Balaban J connectivity index is 1.28. The first kappa shape index (κ1) is 24.0. The third kappa shape index (κ3) is 5.76. The number of nitrogens with zero attached hydrogens (tertiary/aromatic N) is 3. The number of rotatable bonds is 8. The van der Waals surface area contributed by atoms with Crippen LogP contribution >= 0.6 is 0 Å².